The third-order valence-corrected chi connectivity index (χ3v) is 6.02. The highest BCUT2D eigenvalue weighted by Crippen LogP contribution is 2.27. The van der Waals surface area contributed by atoms with Gasteiger partial charge in [-0.25, -0.2) is 4.79 Å². The van der Waals surface area contributed by atoms with Crippen LogP contribution in [0, 0.1) is 5.92 Å². The molecular formula is C25H25ClN4O3. The highest BCUT2D eigenvalue weighted by molar-refractivity contribution is 6.30. The van der Waals surface area contributed by atoms with Crippen LogP contribution in [-0.4, -0.2) is 36.6 Å². The molecule has 4 rings (SSSR count). The third-order valence-electron chi connectivity index (χ3n) is 5.77. The average Bonchev–Trinajstić information content (AvgIpc) is 2.85. The normalized spacial score (nSPS) is 14.0. The number of nitrogens with zero attached hydrogens (tertiary/aromatic N) is 2. The van der Waals surface area contributed by atoms with E-state index in [1.165, 1.54) is 0 Å². The van der Waals surface area contributed by atoms with Gasteiger partial charge in [-0.3, -0.25) is 15.1 Å². The summed E-state index contributed by atoms with van der Waals surface area (Å²) in [5.41, 5.74) is 8.49. The molecule has 1 aliphatic heterocycles. The molecule has 3 N–H and O–H groups in total. The maximum Gasteiger partial charge on any atom is 0.411 e. The lowest BCUT2D eigenvalue weighted by molar-refractivity contribution is 0.103. The van der Waals surface area contributed by atoms with E-state index in [-0.39, 0.29) is 23.1 Å². The Morgan fingerprint density at radius 1 is 1.06 bits per heavy atom. The topological polar surface area (TPSA) is 97.5 Å². The number of piperidine rings is 1. The summed E-state index contributed by atoms with van der Waals surface area (Å²) in [6.45, 7) is 2.10. The Morgan fingerprint density at radius 3 is 2.45 bits per heavy atom. The molecule has 0 aliphatic carbocycles. The number of nitrogens with one attached hydrogen (secondary N) is 1. The zero-order valence-corrected chi connectivity index (χ0v) is 18.8. The van der Waals surface area contributed by atoms with Crippen molar-refractivity contribution in [2.45, 2.75) is 12.8 Å². The molecule has 33 heavy (non-hydrogen) atoms. The molecule has 0 bridgehead atoms. The molecule has 0 spiro atoms. The molecule has 1 saturated heterocycles. The first-order chi connectivity index (χ1) is 16.0. The number of pyridine rings is 1. The number of carbonyl (C=O) groups is 2. The van der Waals surface area contributed by atoms with Gasteiger partial charge in [0.25, 0.3) is 0 Å². The summed E-state index contributed by atoms with van der Waals surface area (Å²) in [4.78, 5) is 31.8. The van der Waals surface area contributed by atoms with Crippen LogP contribution in [0.4, 0.5) is 21.9 Å². The summed E-state index contributed by atoms with van der Waals surface area (Å²) >= 11 is 5.92. The fourth-order valence-electron chi connectivity index (χ4n) is 3.90. The quantitative estimate of drug-likeness (QED) is 0.393. The lowest BCUT2D eigenvalue weighted by atomic mass is 9.97. The number of rotatable bonds is 6. The standard InChI is InChI=1S/C25H25ClN4O3/c26-19-6-4-18(5-7-19)24(31)21-2-1-3-22(27)23(21)29-25(32)33-16-17-10-14-30(15-11-17)20-8-12-28-13-9-20/h1-9,12-13,17H,10-11,14-16,27H2,(H,29,32). The van der Waals surface area contributed by atoms with Gasteiger partial charge in [0.2, 0.25) is 0 Å². The van der Waals surface area contributed by atoms with E-state index < -0.39 is 6.09 Å². The van der Waals surface area contributed by atoms with Crippen molar-refractivity contribution in [2.75, 3.05) is 35.6 Å². The molecule has 1 amide bonds. The van der Waals surface area contributed by atoms with Crippen molar-refractivity contribution >= 4 is 40.5 Å². The number of halogens is 1. The molecule has 8 heteroatoms. The van der Waals surface area contributed by atoms with E-state index in [1.807, 2.05) is 12.1 Å². The number of hydrogen-bond acceptors (Lipinski definition) is 6. The molecule has 3 aromatic rings. The van der Waals surface area contributed by atoms with Crippen LogP contribution < -0.4 is 16.0 Å². The number of ketones is 1. The Balaban J connectivity index is 1.34. The third kappa shape index (κ3) is 5.62. The summed E-state index contributed by atoms with van der Waals surface area (Å²) in [6.07, 6.45) is 4.79. The number of amides is 1. The second-order valence-corrected chi connectivity index (χ2v) is 8.40. The second-order valence-electron chi connectivity index (χ2n) is 7.97. The first-order valence-electron chi connectivity index (χ1n) is 10.8. The largest absolute Gasteiger partial charge is 0.449 e. The Hall–Kier alpha value is -3.58. The lowest BCUT2D eigenvalue weighted by Gasteiger charge is -2.33. The number of nitrogen functional groups attached to an aromatic ring is 1. The van der Waals surface area contributed by atoms with Crippen LogP contribution in [0.5, 0.6) is 0 Å². The molecule has 2 heterocycles. The monoisotopic (exact) mass is 464 g/mol. The molecule has 1 fully saturated rings. The van der Waals surface area contributed by atoms with Crippen LogP contribution in [0.2, 0.25) is 5.02 Å². The molecule has 0 unspecified atom stereocenters. The molecule has 2 aromatic carbocycles. The summed E-state index contributed by atoms with van der Waals surface area (Å²) in [5, 5.41) is 3.20. The minimum Gasteiger partial charge on any atom is -0.449 e. The fraction of sp³-hybridized carbons (Fsp3) is 0.240. The molecule has 1 aromatic heterocycles. The average molecular weight is 465 g/mol. The Bertz CT molecular complexity index is 1110. The van der Waals surface area contributed by atoms with Crippen LogP contribution in [0.3, 0.4) is 0 Å². The van der Waals surface area contributed by atoms with Crippen LogP contribution >= 0.6 is 11.6 Å². The Labute approximate surface area is 197 Å². The Kier molecular flexibility index (Phi) is 7.10. The van der Waals surface area contributed by atoms with Gasteiger partial charge in [0.15, 0.2) is 5.78 Å². The van der Waals surface area contributed by atoms with Gasteiger partial charge in [0.05, 0.1) is 18.0 Å². The van der Waals surface area contributed by atoms with Gasteiger partial charge in [0.1, 0.15) is 0 Å². The first-order valence-corrected chi connectivity index (χ1v) is 11.2. The van der Waals surface area contributed by atoms with Crippen molar-refractivity contribution in [2.24, 2.45) is 5.92 Å². The van der Waals surface area contributed by atoms with E-state index in [2.05, 4.69) is 15.2 Å². The zero-order chi connectivity index (χ0) is 23.2. The molecule has 1 aliphatic rings. The van der Waals surface area contributed by atoms with Crippen LogP contribution in [0.15, 0.2) is 67.0 Å². The predicted molar refractivity (Wildman–Crippen MR) is 130 cm³/mol. The summed E-state index contributed by atoms with van der Waals surface area (Å²) in [7, 11) is 0. The SMILES string of the molecule is Nc1cccc(C(=O)c2ccc(Cl)cc2)c1NC(=O)OCC1CCN(c2ccncc2)CC1. The highest BCUT2D eigenvalue weighted by Gasteiger charge is 2.22. The molecule has 0 saturated carbocycles. The minimum absolute atomic E-state index is 0.245. The van der Waals surface area contributed by atoms with Crippen LogP contribution in [-0.2, 0) is 4.74 Å². The fourth-order valence-corrected chi connectivity index (χ4v) is 4.03. The predicted octanol–water partition coefficient (Wildman–Crippen LogP) is 5.01. The number of ether oxygens (including phenoxy) is 1. The second kappa shape index (κ2) is 10.4. The number of para-hydroxylation sites is 1. The molecule has 0 atom stereocenters. The number of anilines is 3. The van der Waals surface area contributed by atoms with Crippen molar-refractivity contribution in [1.82, 2.24) is 4.98 Å². The highest BCUT2D eigenvalue weighted by atomic mass is 35.5. The number of benzene rings is 2. The van der Waals surface area contributed by atoms with Gasteiger partial charge in [-0.2, -0.15) is 0 Å². The zero-order valence-electron chi connectivity index (χ0n) is 18.0. The summed E-state index contributed by atoms with van der Waals surface area (Å²) < 4.78 is 5.47. The van der Waals surface area contributed by atoms with E-state index in [0.717, 1.165) is 31.6 Å². The van der Waals surface area contributed by atoms with Crippen molar-refractivity contribution < 1.29 is 14.3 Å². The Morgan fingerprint density at radius 2 is 1.76 bits per heavy atom. The lowest BCUT2D eigenvalue weighted by Crippen LogP contribution is -2.35. The van der Waals surface area contributed by atoms with Crippen LogP contribution in [0.1, 0.15) is 28.8 Å². The number of nitrogens with two attached hydrogens (primary N) is 1. The van der Waals surface area contributed by atoms with E-state index in [0.29, 0.717) is 22.8 Å². The smallest absolute Gasteiger partial charge is 0.411 e. The molecule has 0 radical (unpaired) electrons. The summed E-state index contributed by atoms with van der Waals surface area (Å²) in [5.74, 6) is 0.00915. The summed E-state index contributed by atoms with van der Waals surface area (Å²) in [6, 6.07) is 15.5. The van der Waals surface area contributed by atoms with Crippen molar-refractivity contribution in [3.8, 4) is 0 Å². The van der Waals surface area contributed by atoms with E-state index in [4.69, 9.17) is 22.1 Å². The molecule has 170 valence electrons. The molecule has 7 nitrogen and oxygen atoms in total. The van der Waals surface area contributed by atoms with Crippen molar-refractivity contribution in [3.63, 3.8) is 0 Å². The first kappa shape index (κ1) is 22.6. The van der Waals surface area contributed by atoms with Gasteiger partial charge < -0.3 is 15.4 Å². The van der Waals surface area contributed by atoms with Crippen molar-refractivity contribution in [1.29, 1.82) is 0 Å². The maximum atomic E-state index is 13.0. The molecular weight excluding hydrogens is 440 g/mol. The van der Waals surface area contributed by atoms with E-state index >= 15 is 0 Å². The van der Waals surface area contributed by atoms with Crippen LogP contribution in [0.25, 0.3) is 0 Å². The van der Waals surface area contributed by atoms with Gasteiger partial charge in [-0.05, 0) is 67.3 Å². The van der Waals surface area contributed by atoms with Crippen molar-refractivity contribution in [3.05, 3.63) is 83.1 Å². The van der Waals surface area contributed by atoms with E-state index in [1.54, 1.807) is 54.9 Å². The van der Waals surface area contributed by atoms with E-state index in [9.17, 15) is 9.59 Å². The number of aromatic nitrogens is 1. The number of carbonyl (C=O) groups excluding carboxylic acids is 2. The maximum absolute atomic E-state index is 13.0. The van der Waals surface area contributed by atoms with Gasteiger partial charge in [-0.1, -0.05) is 17.7 Å². The number of hydrogen-bond donors (Lipinski definition) is 2. The minimum atomic E-state index is -0.630. The van der Waals surface area contributed by atoms with Gasteiger partial charge in [-0.15, -0.1) is 0 Å². The van der Waals surface area contributed by atoms with Gasteiger partial charge in [0, 0.05) is 47.3 Å². The van der Waals surface area contributed by atoms with Gasteiger partial charge >= 0.3 is 6.09 Å².